The zero-order valence-corrected chi connectivity index (χ0v) is 18.3. The summed E-state index contributed by atoms with van der Waals surface area (Å²) in [7, 11) is 1.23. The Morgan fingerprint density at radius 2 is 2.06 bits per heavy atom. The van der Waals surface area contributed by atoms with Crippen molar-refractivity contribution in [2.75, 3.05) is 20.3 Å². The summed E-state index contributed by atoms with van der Waals surface area (Å²) in [4.78, 5) is 35.3. The number of halogens is 1. The number of carboxylic acid groups (broad SMARTS) is 1. The lowest BCUT2D eigenvalue weighted by Crippen LogP contribution is -2.26. The number of hydrogen-bond donors (Lipinski definition) is 1. The largest absolute Gasteiger partial charge is 0.492 e. The summed E-state index contributed by atoms with van der Waals surface area (Å²) in [5.74, 6) is -0.596. The van der Waals surface area contributed by atoms with E-state index in [2.05, 4.69) is 0 Å². The number of pyridine rings is 1. The number of ether oxygens (including phenoxy) is 3. The molecule has 1 atom stereocenters. The lowest BCUT2D eigenvalue weighted by atomic mass is 10.0. The molecule has 0 unspecified atom stereocenters. The molecule has 0 aliphatic carbocycles. The van der Waals surface area contributed by atoms with E-state index in [4.69, 9.17) is 30.9 Å². The number of carbonyl (C=O) groups is 2. The first kappa shape index (κ1) is 22.7. The number of esters is 1. The standard InChI is InChI=1S/C22H24ClNO7/c1-12(2)17-11-31-19-9-20(30-6-4-5-21(26)27)15(23)7-13(19)16-8-18(25)14(10-24(16)17)22(28)29-3/h7-10,12,17H,4-6,11H2,1-3H3,(H,26,27)/t17-/m0/s1. The van der Waals surface area contributed by atoms with E-state index in [1.807, 2.05) is 18.4 Å². The number of methoxy groups -OCH3 is 1. The molecule has 166 valence electrons. The SMILES string of the molecule is COC(=O)c1cn2c(cc1=O)-c1cc(Cl)c(OCCCC(=O)O)cc1OC[C@H]2C(C)C. The van der Waals surface area contributed by atoms with Gasteiger partial charge >= 0.3 is 11.9 Å². The number of benzene rings is 1. The smallest absolute Gasteiger partial charge is 0.343 e. The van der Waals surface area contributed by atoms with Gasteiger partial charge in [0.2, 0.25) is 0 Å². The molecule has 0 fully saturated rings. The van der Waals surface area contributed by atoms with Crippen molar-refractivity contribution in [3.63, 3.8) is 0 Å². The summed E-state index contributed by atoms with van der Waals surface area (Å²) in [5, 5.41) is 9.05. The molecule has 1 N–H and O–H groups in total. The van der Waals surface area contributed by atoms with Crippen LogP contribution in [-0.2, 0) is 9.53 Å². The van der Waals surface area contributed by atoms with Gasteiger partial charge in [0.15, 0.2) is 5.43 Å². The van der Waals surface area contributed by atoms with Gasteiger partial charge in [0.25, 0.3) is 0 Å². The Hall–Kier alpha value is -3.00. The summed E-state index contributed by atoms with van der Waals surface area (Å²) in [5.41, 5.74) is 0.658. The molecule has 2 heterocycles. The number of aliphatic carboxylic acids is 1. The molecule has 8 nitrogen and oxygen atoms in total. The van der Waals surface area contributed by atoms with Crippen LogP contribution in [0.25, 0.3) is 11.3 Å². The molecule has 0 amide bonds. The summed E-state index contributed by atoms with van der Waals surface area (Å²) in [6.07, 6.45) is 1.85. The molecule has 1 aliphatic heterocycles. The average molecular weight is 450 g/mol. The maximum Gasteiger partial charge on any atom is 0.343 e. The third-order valence-corrected chi connectivity index (χ3v) is 5.42. The third kappa shape index (κ3) is 4.85. The van der Waals surface area contributed by atoms with Crippen molar-refractivity contribution >= 4 is 23.5 Å². The van der Waals surface area contributed by atoms with E-state index in [1.165, 1.54) is 19.4 Å². The predicted molar refractivity (Wildman–Crippen MR) is 114 cm³/mol. The molecule has 9 heteroatoms. The van der Waals surface area contributed by atoms with Crippen LogP contribution in [0, 0.1) is 5.92 Å². The minimum absolute atomic E-state index is 0.00600. The van der Waals surface area contributed by atoms with Crippen LogP contribution >= 0.6 is 11.6 Å². The van der Waals surface area contributed by atoms with E-state index in [-0.39, 0.29) is 30.6 Å². The van der Waals surface area contributed by atoms with Gasteiger partial charge in [-0.05, 0) is 18.4 Å². The summed E-state index contributed by atoms with van der Waals surface area (Å²) in [6.45, 7) is 4.54. The normalized spacial score (nSPS) is 14.8. The van der Waals surface area contributed by atoms with Crippen molar-refractivity contribution in [3.05, 3.63) is 45.2 Å². The highest BCUT2D eigenvalue weighted by Gasteiger charge is 2.28. The van der Waals surface area contributed by atoms with Gasteiger partial charge in [-0.2, -0.15) is 0 Å². The monoisotopic (exact) mass is 449 g/mol. The first-order valence-corrected chi connectivity index (χ1v) is 10.3. The molecule has 1 aromatic carbocycles. The maximum absolute atomic E-state index is 12.6. The van der Waals surface area contributed by atoms with Crippen molar-refractivity contribution in [1.82, 2.24) is 4.57 Å². The molecule has 0 radical (unpaired) electrons. The van der Waals surface area contributed by atoms with Crippen LogP contribution in [-0.4, -0.2) is 41.9 Å². The van der Waals surface area contributed by atoms with Gasteiger partial charge in [0, 0.05) is 30.3 Å². The van der Waals surface area contributed by atoms with Gasteiger partial charge < -0.3 is 23.9 Å². The number of carbonyl (C=O) groups excluding carboxylic acids is 1. The minimum Gasteiger partial charge on any atom is -0.492 e. The van der Waals surface area contributed by atoms with Crippen molar-refractivity contribution in [1.29, 1.82) is 0 Å². The number of aromatic nitrogens is 1. The Morgan fingerprint density at radius 1 is 1.32 bits per heavy atom. The topological polar surface area (TPSA) is 104 Å². The second-order valence-corrected chi connectivity index (χ2v) is 7.99. The van der Waals surface area contributed by atoms with Gasteiger partial charge in [-0.3, -0.25) is 9.59 Å². The number of rotatable bonds is 7. The van der Waals surface area contributed by atoms with Gasteiger partial charge in [-0.15, -0.1) is 0 Å². The first-order chi connectivity index (χ1) is 14.7. The fraction of sp³-hybridized carbons (Fsp3) is 0.409. The van der Waals surface area contributed by atoms with Crippen LogP contribution in [0.5, 0.6) is 11.5 Å². The number of fused-ring (bicyclic) bond motifs is 3. The second kappa shape index (κ2) is 9.43. The maximum atomic E-state index is 12.6. The van der Waals surface area contributed by atoms with Crippen LogP contribution in [0.3, 0.4) is 0 Å². The zero-order chi connectivity index (χ0) is 22.7. The Balaban J connectivity index is 2.06. The fourth-order valence-electron chi connectivity index (χ4n) is 3.44. The Bertz CT molecular complexity index is 1060. The van der Waals surface area contributed by atoms with Crippen molar-refractivity contribution in [2.45, 2.75) is 32.7 Å². The van der Waals surface area contributed by atoms with Crippen LogP contribution < -0.4 is 14.9 Å². The first-order valence-electron chi connectivity index (χ1n) is 9.88. The van der Waals surface area contributed by atoms with Crippen LogP contribution in [0.2, 0.25) is 5.02 Å². The molecule has 1 aliphatic rings. The minimum atomic E-state index is -0.895. The van der Waals surface area contributed by atoms with Crippen LogP contribution in [0.15, 0.2) is 29.2 Å². The van der Waals surface area contributed by atoms with Crippen LogP contribution in [0.1, 0.15) is 43.1 Å². The summed E-state index contributed by atoms with van der Waals surface area (Å²) < 4.78 is 18.3. The van der Waals surface area contributed by atoms with E-state index < -0.39 is 17.4 Å². The van der Waals surface area contributed by atoms with Gasteiger partial charge in [0.05, 0.1) is 30.5 Å². The van der Waals surface area contributed by atoms with E-state index in [0.29, 0.717) is 40.8 Å². The molecule has 0 spiro atoms. The zero-order valence-electron chi connectivity index (χ0n) is 17.5. The van der Waals surface area contributed by atoms with Crippen molar-refractivity contribution < 1.29 is 28.9 Å². The summed E-state index contributed by atoms with van der Waals surface area (Å²) >= 11 is 6.41. The molecular formula is C22H24ClNO7. The highest BCUT2D eigenvalue weighted by molar-refractivity contribution is 6.32. The molecule has 1 aromatic heterocycles. The number of nitrogens with zero attached hydrogens (tertiary/aromatic N) is 1. The molecular weight excluding hydrogens is 426 g/mol. The van der Waals surface area contributed by atoms with Gasteiger partial charge in [-0.25, -0.2) is 4.79 Å². The van der Waals surface area contributed by atoms with E-state index in [0.717, 1.165) is 0 Å². The fourth-order valence-corrected chi connectivity index (χ4v) is 3.66. The Labute approximate surface area is 184 Å². The van der Waals surface area contributed by atoms with Gasteiger partial charge in [0.1, 0.15) is 23.7 Å². The highest BCUT2D eigenvalue weighted by Crippen LogP contribution is 2.42. The van der Waals surface area contributed by atoms with Gasteiger partial charge in [-0.1, -0.05) is 25.4 Å². The molecule has 0 bridgehead atoms. The molecule has 2 aromatic rings. The lowest BCUT2D eigenvalue weighted by molar-refractivity contribution is -0.137. The van der Waals surface area contributed by atoms with Crippen molar-refractivity contribution in [3.8, 4) is 22.8 Å². The molecule has 31 heavy (non-hydrogen) atoms. The Morgan fingerprint density at radius 3 is 2.71 bits per heavy atom. The van der Waals surface area contributed by atoms with Crippen molar-refractivity contribution in [2.24, 2.45) is 5.92 Å². The number of carboxylic acids is 1. The van der Waals surface area contributed by atoms with E-state index >= 15 is 0 Å². The molecule has 0 saturated heterocycles. The third-order valence-electron chi connectivity index (χ3n) is 5.12. The lowest BCUT2D eigenvalue weighted by Gasteiger charge is -2.24. The average Bonchev–Trinajstić information content (AvgIpc) is 2.86. The van der Waals surface area contributed by atoms with Crippen LogP contribution in [0.4, 0.5) is 0 Å². The quantitative estimate of drug-likeness (QED) is 0.506. The molecule has 0 saturated carbocycles. The number of hydrogen-bond acceptors (Lipinski definition) is 6. The Kier molecular flexibility index (Phi) is 6.90. The van der Waals surface area contributed by atoms with E-state index in [9.17, 15) is 14.4 Å². The predicted octanol–water partition coefficient (Wildman–Crippen LogP) is 3.79. The second-order valence-electron chi connectivity index (χ2n) is 7.58. The van der Waals surface area contributed by atoms with E-state index in [1.54, 1.807) is 12.1 Å². The highest BCUT2D eigenvalue weighted by atomic mass is 35.5. The summed E-state index contributed by atoms with van der Waals surface area (Å²) in [6, 6.07) is 4.53. The molecule has 3 rings (SSSR count).